The van der Waals surface area contributed by atoms with E-state index in [1.807, 2.05) is 17.4 Å². The fourth-order valence-electron chi connectivity index (χ4n) is 8.87. The van der Waals surface area contributed by atoms with E-state index < -0.39 is 0 Å². The highest BCUT2D eigenvalue weighted by Gasteiger charge is 2.26. The minimum atomic E-state index is 0.822. The lowest BCUT2D eigenvalue weighted by molar-refractivity contribution is 1.08. The molecule has 3 nitrogen and oxygen atoms in total. The zero-order valence-corrected chi connectivity index (χ0v) is 29.8. The van der Waals surface area contributed by atoms with Gasteiger partial charge in [-0.15, -0.1) is 11.3 Å². The van der Waals surface area contributed by atoms with Crippen LogP contribution in [0, 0.1) is 0 Å². The summed E-state index contributed by atoms with van der Waals surface area (Å²) < 4.78 is 5.03. The summed E-state index contributed by atoms with van der Waals surface area (Å²) in [6, 6.07) is 63.4. The summed E-state index contributed by atoms with van der Waals surface area (Å²) in [6.45, 7) is 0. The Labute approximate surface area is 314 Å². The van der Waals surface area contributed by atoms with Crippen LogP contribution in [0.5, 0.6) is 0 Å². The molecule has 0 spiro atoms. The molecule has 0 aliphatic heterocycles. The second-order valence-corrected chi connectivity index (χ2v) is 15.1. The van der Waals surface area contributed by atoms with Gasteiger partial charge in [-0.2, -0.15) is 0 Å². The van der Waals surface area contributed by atoms with Crippen molar-refractivity contribution < 1.29 is 0 Å². The molecule has 0 saturated heterocycles. The molecule has 0 saturated carbocycles. The van der Waals surface area contributed by atoms with E-state index in [0.29, 0.717) is 0 Å². The van der Waals surface area contributed by atoms with Gasteiger partial charge in [0.15, 0.2) is 5.82 Å². The SMILES string of the molecule is c1ccc(-c2nc3ccccc3nc2-n2c3c(-c4cccc5c4sc4ccc6ccccc6c45)cccc3c3c4ccccc4c4ccccc4c32)cc1. The molecule has 0 atom stereocenters. The molecule has 9 aromatic carbocycles. The van der Waals surface area contributed by atoms with Crippen molar-refractivity contribution in [1.29, 1.82) is 0 Å². The van der Waals surface area contributed by atoms with E-state index in [2.05, 4.69) is 174 Å². The van der Waals surface area contributed by atoms with Gasteiger partial charge < -0.3 is 0 Å². The predicted octanol–water partition coefficient (Wildman–Crippen LogP) is 13.9. The molecule has 0 radical (unpaired) electrons. The van der Waals surface area contributed by atoms with Crippen LogP contribution in [0.25, 0.3) is 114 Å². The zero-order chi connectivity index (χ0) is 35.3. The van der Waals surface area contributed by atoms with Crippen molar-refractivity contribution in [2.75, 3.05) is 0 Å². The molecule has 250 valence electrons. The summed E-state index contributed by atoms with van der Waals surface area (Å²) in [4.78, 5) is 10.9. The number of para-hydroxylation sites is 3. The molecule has 12 rings (SSSR count). The third-order valence-corrected chi connectivity index (χ3v) is 12.4. The average molecular weight is 704 g/mol. The fraction of sp³-hybridized carbons (Fsp3) is 0. The van der Waals surface area contributed by atoms with Gasteiger partial charge in [-0.25, -0.2) is 9.97 Å². The van der Waals surface area contributed by atoms with Gasteiger partial charge in [0.1, 0.15) is 5.69 Å². The van der Waals surface area contributed by atoms with E-state index in [1.165, 1.54) is 74.4 Å². The maximum Gasteiger partial charge on any atom is 0.165 e. The Morgan fingerprint density at radius 1 is 0.389 bits per heavy atom. The Hall–Kier alpha value is -6.88. The Morgan fingerprint density at radius 2 is 1.00 bits per heavy atom. The molecule has 0 aliphatic rings. The molecule has 0 aliphatic carbocycles. The van der Waals surface area contributed by atoms with Crippen molar-refractivity contribution in [2.45, 2.75) is 0 Å². The van der Waals surface area contributed by atoms with Gasteiger partial charge in [-0.05, 0) is 45.1 Å². The van der Waals surface area contributed by atoms with Gasteiger partial charge in [-0.1, -0.05) is 158 Å². The molecule has 0 bridgehead atoms. The Kier molecular flexibility index (Phi) is 6.21. The first-order chi connectivity index (χ1) is 26.8. The Morgan fingerprint density at radius 3 is 1.81 bits per heavy atom. The molecule has 4 heteroatoms. The lowest BCUT2D eigenvalue weighted by Gasteiger charge is -2.17. The van der Waals surface area contributed by atoms with Crippen LogP contribution in [0.4, 0.5) is 0 Å². The summed E-state index contributed by atoms with van der Waals surface area (Å²) in [5, 5.41) is 12.5. The smallest absolute Gasteiger partial charge is 0.165 e. The van der Waals surface area contributed by atoms with Crippen molar-refractivity contribution in [3.8, 4) is 28.2 Å². The lowest BCUT2D eigenvalue weighted by atomic mass is 9.95. The van der Waals surface area contributed by atoms with E-state index in [0.717, 1.165) is 39.1 Å². The number of hydrogen-bond acceptors (Lipinski definition) is 3. The normalized spacial score (nSPS) is 12.1. The predicted molar refractivity (Wildman–Crippen MR) is 230 cm³/mol. The van der Waals surface area contributed by atoms with Crippen LogP contribution in [-0.4, -0.2) is 14.5 Å². The maximum atomic E-state index is 5.55. The average Bonchev–Trinajstić information content (AvgIpc) is 3.81. The minimum Gasteiger partial charge on any atom is -0.291 e. The Bertz CT molecular complexity index is 3500. The maximum absolute atomic E-state index is 5.55. The monoisotopic (exact) mass is 703 g/mol. The van der Waals surface area contributed by atoms with E-state index in [4.69, 9.17) is 9.97 Å². The van der Waals surface area contributed by atoms with Crippen molar-refractivity contribution in [3.05, 3.63) is 176 Å². The summed E-state index contributed by atoms with van der Waals surface area (Å²) in [7, 11) is 0. The van der Waals surface area contributed by atoms with E-state index >= 15 is 0 Å². The highest BCUT2D eigenvalue weighted by molar-refractivity contribution is 7.26. The van der Waals surface area contributed by atoms with Crippen LogP contribution in [-0.2, 0) is 0 Å². The van der Waals surface area contributed by atoms with E-state index in [1.54, 1.807) is 0 Å². The quantitative estimate of drug-likeness (QED) is 0.172. The van der Waals surface area contributed by atoms with Crippen LogP contribution in [0.1, 0.15) is 0 Å². The number of nitrogens with zero attached hydrogens (tertiary/aromatic N) is 3. The highest BCUT2D eigenvalue weighted by Crippen LogP contribution is 2.49. The number of rotatable bonds is 3. The zero-order valence-electron chi connectivity index (χ0n) is 29.0. The molecule has 0 unspecified atom stereocenters. The lowest BCUT2D eigenvalue weighted by Crippen LogP contribution is -2.04. The Balaban J connectivity index is 1.32. The summed E-state index contributed by atoms with van der Waals surface area (Å²) >= 11 is 1.88. The van der Waals surface area contributed by atoms with Gasteiger partial charge in [0.25, 0.3) is 0 Å². The molecule has 0 fully saturated rings. The van der Waals surface area contributed by atoms with Crippen LogP contribution >= 0.6 is 11.3 Å². The molecular formula is C50H29N3S. The molecule has 3 heterocycles. The number of fused-ring (bicyclic) bond motifs is 14. The number of benzene rings is 9. The first-order valence-electron chi connectivity index (χ1n) is 18.3. The van der Waals surface area contributed by atoms with Crippen LogP contribution < -0.4 is 0 Å². The number of thiophene rings is 1. The van der Waals surface area contributed by atoms with Crippen LogP contribution in [0.2, 0.25) is 0 Å². The molecule has 0 amide bonds. The van der Waals surface area contributed by atoms with Gasteiger partial charge in [0.05, 0.1) is 22.1 Å². The first kappa shape index (κ1) is 29.7. The number of aromatic nitrogens is 3. The third-order valence-electron chi connectivity index (χ3n) is 11.1. The van der Waals surface area contributed by atoms with Crippen molar-refractivity contribution >= 4 is 96.7 Å². The highest BCUT2D eigenvalue weighted by atomic mass is 32.1. The molecule has 54 heavy (non-hydrogen) atoms. The van der Waals surface area contributed by atoms with Gasteiger partial charge in [-0.3, -0.25) is 4.57 Å². The largest absolute Gasteiger partial charge is 0.291 e. The van der Waals surface area contributed by atoms with E-state index in [9.17, 15) is 0 Å². The summed E-state index contributed by atoms with van der Waals surface area (Å²) in [5.74, 6) is 0.822. The molecule has 12 aromatic rings. The van der Waals surface area contributed by atoms with Gasteiger partial charge in [0, 0.05) is 53.0 Å². The minimum absolute atomic E-state index is 0.822. The van der Waals surface area contributed by atoms with Crippen molar-refractivity contribution in [3.63, 3.8) is 0 Å². The fourth-order valence-corrected chi connectivity index (χ4v) is 10.1. The van der Waals surface area contributed by atoms with Crippen molar-refractivity contribution in [1.82, 2.24) is 14.5 Å². The number of hydrogen-bond donors (Lipinski definition) is 0. The van der Waals surface area contributed by atoms with Crippen LogP contribution in [0.15, 0.2) is 176 Å². The van der Waals surface area contributed by atoms with E-state index in [-0.39, 0.29) is 0 Å². The van der Waals surface area contributed by atoms with Crippen molar-refractivity contribution in [2.24, 2.45) is 0 Å². The topological polar surface area (TPSA) is 30.7 Å². The van der Waals surface area contributed by atoms with Crippen LogP contribution in [0.3, 0.4) is 0 Å². The molecular weight excluding hydrogens is 675 g/mol. The second-order valence-electron chi connectivity index (χ2n) is 14.0. The summed E-state index contributed by atoms with van der Waals surface area (Å²) in [6.07, 6.45) is 0. The standard InChI is InChI=1S/C50H29N3S/c1-2-15-31(16-3-1)46-50(52-42-27-11-10-26-41(42)51-46)53-47-37(38-23-13-25-40-44-32-17-5-4-14-30(32)28-29-43(44)54-49(38)40)22-12-24-39(47)45-35-20-8-6-18-33(35)34-19-7-9-21-36(34)48(45)53/h1-29H. The van der Waals surface area contributed by atoms with Gasteiger partial charge >= 0.3 is 0 Å². The molecule has 0 N–H and O–H groups in total. The summed E-state index contributed by atoms with van der Waals surface area (Å²) in [5.41, 5.74) is 8.28. The van der Waals surface area contributed by atoms with Gasteiger partial charge in [0.2, 0.25) is 0 Å². The molecule has 3 aromatic heterocycles. The third kappa shape index (κ3) is 4.11. The second kappa shape index (κ2) is 11.3. The first-order valence-corrected chi connectivity index (χ1v) is 19.2.